The van der Waals surface area contributed by atoms with Gasteiger partial charge in [-0.05, 0) is 53.1 Å². The molecule has 0 saturated carbocycles. The summed E-state index contributed by atoms with van der Waals surface area (Å²) in [7, 11) is 1.39. The second-order valence-electron chi connectivity index (χ2n) is 6.93. The number of nitrogens with one attached hydrogen (secondary N) is 1. The third kappa shape index (κ3) is 3.81. The van der Waals surface area contributed by atoms with E-state index in [4.69, 9.17) is 0 Å². The van der Waals surface area contributed by atoms with Crippen molar-refractivity contribution in [3.05, 3.63) is 77.5 Å². The van der Waals surface area contributed by atoms with Crippen molar-refractivity contribution >= 4 is 22.9 Å². The lowest BCUT2D eigenvalue weighted by Crippen LogP contribution is -2.23. The quantitative estimate of drug-likeness (QED) is 0.531. The maximum Gasteiger partial charge on any atom is 0.330 e. The van der Waals surface area contributed by atoms with Gasteiger partial charge in [-0.3, -0.25) is 0 Å². The number of aromatic nitrogens is 1. The number of nitrogens with zero attached hydrogens (tertiary/aromatic N) is 1. The standard InChI is InChI=1S/C23H24N2O2/c1-27-23(26)11-7-17-6-9-20-19(16-17)8-10-21(20)24-13-15-25-14-12-18-4-2-3-5-22(18)25/h2-7,9,11-12,14,16,21,24H,8,10,13,15H2,1H3. The zero-order valence-corrected chi connectivity index (χ0v) is 15.5. The van der Waals surface area contributed by atoms with Crippen LogP contribution in [0.5, 0.6) is 0 Å². The minimum atomic E-state index is -0.326. The maximum atomic E-state index is 11.2. The molecule has 0 amide bonds. The predicted octanol–water partition coefficient (Wildman–Crippen LogP) is 4.10. The second-order valence-corrected chi connectivity index (χ2v) is 6.93. The Kier molecular flexibility index (Phi) is 5.07. The molecular weight excluding hydrogens is 336 g/mol. The van der Waals surface area contributed by atoms with Gasteiger partial charge in [-0.2, -0.15) is 0 Å². The van der Waals surface area contributed by atoms with Gasteiger partial charge < -0.3 is 14.6 Å². The first-order valence-electron chi connectivity index (χ1n) is 9.41. The highest BCUT2D eigenvalue weighted by Gasteiger charge is 2.21. The molecule has 3 aromatic rings. The molecule has 0 fully saturated rings. The number of esters is 1. The average Bonchev–Trinajstić information content (AvgIpc) is 3.30. The molecule has 0 bridgehead atoms. The van der Waals surface area contributed by atoms with E-state index in [9.17, 15) is 4.79 Å². The summed E-state index contributed by atoms with van der Waals surface area (Å²) in [5.41, 5.74) is 5.07. The fraction of sp³-hybridized carbons (Fsp3) is 0.261. The molecule has 0 spiro atoms. The van der Waals surface area contributed by atoms with Gasteiger partial charge in [0.15, 0.2) is 0 Å². The van der Waals surface area contributed by atoms with Crippen molar-refractivity contribution in [3.8, 4) is 0 Å². The smallest absolute Gasteiger partial charge is 0.330 e. The van der Waals surface area contributed by atoms with Crippen LogP contribution in [0.3, 0.4) is 0 Å². The van der Waals surface area contributed by atoms with E-state index in [-0.39, 0.29) is 5.97 Å². The van der Waals surface area contributed by atoms with Crippen molar-refractivity contribution in [3.63, 3.8) is 0 Å². The first-order chi connectivity index (χ1) is 13.2. The van der Waals surface area contributed by atoms with E-state index in [1.807, 2.05) is 6.08 Å². The monoisotopic (exact) mass is 360 g/mol. The summed E-state index contributed by atoms with van der Waals surface area (Å²) < 4.78 is 6.95. The van der Waals surface area contributed by atoms with Crippen LogP contribution in [0.15, 0.2) is 60.8 Å². The Morgan fingerprint density at radius 3 is 3.04 bits per heavy atom. The molecular formula is C23H24N2O2. The van der Waals surface area contributed by atoms with Crippen LogP contribution in [-0.4, -0.2) is 24.2 Å². The molecule has 0 saturated heterocycles. The SMILES string of the molecule is COC(=O)C=Cc1ccc2c(c1)CCC2NCCn1ccc2ccccc21. The average molecular weight is 360 g/mol. The lowest BCUT2D eigenvalue weighted by molar-refractivity contribution is -0.134. The highest BCUT2D eigenvalue weighted by atomic mass is 16.5. The molecule has 2 aromatic carbocycles. The van der Waals surface area contributed by atoms with E-state index in [1.165, 1.54) is 35.2 Å². The summed E-state index contributed by atoms with van der Waals surface area (Å²) in [5, 5.41) is 4.99. The van der Waals surface area contributed by atoms with Crippen molar-refractivity contribution in [1.82, 2.24) is 9.88 Å². The molecule has 27 heavy (non-hydrogen) atoms. The van der Waals surface area contributed by atoms with E-state index in [1.54, 1.807) is 0 Å². The summed E-state index contributed by atoms with van der Waals surface area (Å²) in [6, 6.07) is 17.5. The molecule has 138 valence electrons. The van der Waals surface area contributed by atoms with Crippen LogP contribution in [0.25, 0.3) is 17.0 Å². The Hall–Kier alpha value is -2.85. The van der Waals surface area contributed by atoms with Crippen molar-refractivity contribution in [1.29, 1.82) is 0 Å². The number of hydrogen-bond donors (Lipinski definition) is 1. The predicted molar refractivity (Wildman–Crippen MR) is 108 cm³/mol. The highest BCUT2D eigenvalue weighted by Crippen LogP contribution is 2.32. The lowest BCUT2D eigenvalue weighted by atomic mass is 10.0. The molecule has 1 heterocycles. The fourth-order valence-electron chi connectivity index (χ4n) is 3.88. The van der Waals surface area contributed by atoms with Crippen molar-refractivity contribution in [2.45, 2.75) is 25.4 Å². The number of fused-ring (bicyclic) bond motifs is 2. The number of aryl methyl sites for hydroxylation is 1. The largest absolute Gasteiger partial charge is 0.466 e. The molecule has 4 rings (SSSR count). The minimum Gasteiger partial charge on any atom is -0.466 e. The summed E-state index contributed by atoms with van der Waals surface area (Å²) in [4.78, 5) is 11.2. The van der Waals surface area contributed by atoms with Gasteiger partial charge in [-0.25, -0.2) is 4.79 Å². The maximum absolute atomic E-state index is 11.2. The summed E-state index contributed by atoms with van der Waals surface area (Å²) in [5.74, 6) is -0.326. The zero-order chi connectivity index (χ0) is 18.6. The minimum absolute atomic E-state index is 0.326. The number of benzene rings is 2. The topological polar surface area (TPSA) is 43.3 Å². The normalized spacial score (nSPS) is 16.1. The van der Waals surface area contributed by atoms with Crippen LogP contribution < -0.4 is 5.32 Å². The summed E-state index contributed by atoms with van der Waals surface area (Å²) >= 11 is 0. The molecule has 0 radical (unpaired) electrons. The van der Waals surface area contributed by atoms with E-state index in [0.29, 0.717) is 6.04 Å². The van der Waals surface area contributed by atoms with E-state index >= 15 is 0 Å². The number of methoxy groups -OCH3 is 1. The van der Waals surface area contributed by atoms with Crippen LogP contribution >= 0.6 is 0 Å². The van der Waals surface area contributed by atoms with Gasteiger partial charge in [-0.15, -0.1) is 0 Å². The molecule has 1 aliphatic carbocycles. The van der Waals surface area contributed by atoms with Crippen LogP contribution in [-0.2, 0) is 22.5 Å². The number of ether oxygens (including phenoxy) is 1. The third-order valence-electron chi connectivity index (χ3n) is 5.28. The molecule has 4 heteroatoms. The summed E-state index contributed by atoms with van der Waals surface area (Å²) in [6.45, 7) is 1.89. The van der Waals surface area contributed by atoms with E-state index < -0.39 is 0 Å². The summed E-state index contributed by atoms with van der Waals surface area (Å²) in [6.07, 6.45) is 7.62. The number of carbonyl (C=O) groups excluding carboxylic acids is 1. The Morgan fingerprint density at radius 2 is 2.15 bits per heavy atom. The molecule has 1 aliphatic rings. The van der Waals surface area contributed by atoms with Gasteiger partial charge in [0.25, 0.3) is 0 Å². The van der Waals surface area contributed by atoms with Gasteiger partial charge in [-0.1, -0.05) is 36.4 Å². The van der Waals surface area contributed by atoms with Crippen LogP contribution in [0.2, 0.25) is 0 Å². The molecule has 1 unspecified atom stereocenters. The Morgan fingerprint density at radius 1 is 1.26 bits per heavy atom. The molecule has 1 atom stereocenters. The fourth-order valence-corrected chi connectivity index (χ4v) is 3.88. The molecule has 0 aliphatic heterocycles. The lowest BCUT2D eigenvalue weighted by Gasteiger charge is -2.15. The van der Waals surface area contributed by atoms with Gasteiger partial charge >= 0.3 is 5.97 Å². The third-order valence-corrected chi connectivity index (χ3v) is 5.28. The molecule has 4 nitrogen and oxygen atoms in total. The van der Waals surface area contributed by atoms with Crippen molar-refractivity contribution in [2.24, 2.45) is 0 Å². The van der Waals surface area contributed by atoms with Gasteiger partial charge in [0.2, 0.25) is 0 Å². The van der Waals surface area contributed by atoms with E-state index in [0.717, 1.165) is 31.5 Å². The number of carbonyl (C=O) groups is 1. The van der Waals surface area contributed by atoms with Crippen LogP contribution in [0.4, 0.5) is 0 Å². The van der Waals surface area contributed by atoms with E-state index in [2.05, 4.69) is 69.3 Å². The zero-order valence-electron chi connectivity index (χ0n) is 15.5. The number of rotatable bonds is 6. The first-order valence-corrected chi connectivity index (χ1v) is 9.41. The Labute approximate surface area is 159 Å². The highest BCUT2D eigenvalue weighted by molar-refractivity contribution is 5.87. The van der Waals surface area contributed by atoms with Gasteiger partial charge in [0.05, 0.1) is 7.11 Å². The van der Waals surface area contributed by atoms with Gasteiger partial charge in [0.1, 0.15) is 0 Å². The Bertz CT molecular complexity index is 987. The van der Waals surface area contributed by atoms with Crippen LogP contribution in [0, 0.1) is 0 Å². The second kappa shape index (κ2) is 7.80. The Balaban J connectivity index is 1.38. The first kappa shape index (κ1) is 17.6. The number of para-hydroxylation sites is 1. The van der Waals surface area contributed by atoms with Crippen LogP contribution in [0.1, 0.15) is 29.2 Å². The van der Waals surface area contributed by atoms with Crippen molar-refractivity contribution in [2.75, 3.05) is 13.7 Å². The molecule has 1 aromatic heterocycles. The molecule has 1 N–H and O–H groups in total. The van der Waals surface area contributed by atoms with Crippen molar-refractivity contribution < 1.29 is 9.53 Å². The van der Waals surface area contributed by atoms with Gasteiger partial charge in [0, 0.05) is 36.9 Å². The number of hydrogen-bond acceptors (Lipinski definition) is 3.